The first kappa shape index (κ1) is 13.4. The van der Waals surface area contributed by atoms with Crippen LogP contribution in [-0.4, -0.2) is 16.1 Å². The van der Waals surface area contributed by atoms with Crippen molar-refractivity contribution in [3.8, 4) is 5.75 Å². The van der Waals surface area contributed by atoms with Crippen LogP contribution in [0.1, 0.15) is 21.6 Å². The number of halogens is 1. The molecule has 1 aromatic heterocycles. The molecule has 2 rings (SSSR count). The van der Waals surface area contributed by atoms with Gasteiger partial charge in [0, 0.05) is 6.20 Å². The second-order valence-corrected chi connectivity index (χ2v) is 4.41. The first-order chi connectivity index (χ1) is 9.08. The van der Waals surface area contributed by atoms with Gasteiger partial charge < -0.3 is 9.84 Å². The molecular formula is C14H12ClNO3. The van der Waals surface area contributed by atoms with Gasteiger partial charge in [-0.15, -0.1) is 0 Å². The number of ether oxygens (including phenoxy) is 1. The molecule has 4 nitrogen and oxygen atoms in total. The van der Waals surface area contributed by atoms with E-state index in [0.29, 0.717) is 5.75 Å². The molecule has 0 radical (unpaired) electrons. The summed E-state index contributed by atoms with van der Waals surface area (Å²) in [5, 5.41) is 9.16. The van der Waals surface area contributed by atoms with Crippen molar-refractivity contribution in [2.24, 2.45) is 0 Å². The molecule has 5 heteroatoms. The van der Waals surface area contributed by atoms with Crippen molar-refractivity contribution < 1.29 is 14.6 Å². The van der Waals surface area contributed by atoms with Gasteiger partial charge in [0.1, 0.15) is 12.4 Å². The molecule has 0 aliphatic heterocycles. The Kier molecular flexibility index (Phi) is 4.02. The maximum atomic E-state index is 10.9. The zero-order valence-electron chi connectivity index (χ0n) is 10.3. The minimum absolute atomic E-state index is 0.0249. The van der Waals surface area contributed by atoms with Crippen LogP contribution in [0, 0.1) is 6.92 Å². The van der Waals surface area contributed by atoms with E-state index in [-0.39, 0.29) is 17.2 Å². The zero-order valence-corrected chi connectivity index (χ0v) is 11.0. The van der Waals surface area contributed by atoms with Gasteiger partial charge in [-0.3, -0.25) is 4.98 Å². The number of carbonyl (C=O) groups is 1. The lowest BCUT2D eigenvalue weighted by Gasteiger charge is -2.09. The van der Waals surface area contributed by atoms with Crippen molar-refractivity contribution in [3.63, 3.8) is 0 Å². The highest BCUT2D eigenvalue weighted by molar-refractivity contribution is 6.33. The van der Waals surface area contributed by atoms with Crippen LogP contribution >= 0.6 is 11.6 Å². The fourth-order valence-electron chi connectivity index (χ4n) is 1.58. The average Bonchev–Trinajstić information content (AvgIpc) is 2.39. The van der Waals surface area contributed by atoms with E-state index in [1.807, 2.05) is 19.1 Å². The van der Waals surface area contributed by atoms with Gasteiger partial charge in [-0.05, 0) is 36.8 Å². The summed E-state index contributed by atoms with van der Waals surface area (Å²) >= 11 is 5.78. The molecule has 0 atom stereocenters. The van der Waals surface area contributed by atoms with Crippen LogP contribution in [0.15, 0.2) is 36.5 Å². The third-order valence-electron chi connectivity index (χ3n) is 2.66. The lowest BCUT2D eigenvalue weighted by Crippen LogP contribution is -2.02. The number of benzene rings is 1. The number of carboxylic acid groups (broad SMARTS) is 1. The highest BCUT2D eigenvalue weighted by atomic mass is 35.5. The maximum Gasteiger partial charge on any atom is 0.337 e. The number of aromatic carboxylic acids is 1. The number of hydrogen-bond acceptors (Lipinski definition) is 3. The van der Waals surface area contributed by atoms with Gasteiger partial charge in [0.15, 0.2) is 0 Å². The smallest absolute Gasteiger partial charge is 0.337 e. The first-order valence-electron chi connectivity index (χ1n) is 5.64. The molecule has 19 heavy (non-hydrogen) atoms. The molecule has 98 valence electrons. The van der Waals surface area contributed by atoms with Crippen LogP contribution in [-0.2, 0) is 6.61 Å². The molecule has 1 heterocycles. The Morgan fingerprint density at radius 3 is 2.89 bits per heavy atom. The Morgan fingerprint density at radius 1 is 1.42 bits per heavy atom. The molecule has 0 bridgehead atoms. The number of rotatable bonds is 4. The predicted octanol–water partition coefficient (Wildman–Crippen LogP) is 3.32. The van der Waals surface area contributed by atoms with E-state index < -0.39 is 5.97 Å². The predicted molar refractivity (Wildman–Crippen MR) is 71.7 cm³/mol. The monoisotopic (exact) mass is 277 g/mol. The molecule has 0 fully saturated rings. The number of aryl methyl sites for hydroxylation is 1. The van der Waals surface area contributed by atoms with Gasteiger partial charge >= 0.3 is 5.97 Å². The highest BCUT2D eigenvalue weighted by Crippen LogP contribution is 2.22. The average molecular weight is 278 g/mol. The Bertz CT molecular complexity index is 613. The van der Waals surface area contributed by atoms with Gasteiger partial charge in [0.2, 0.25) is 0 Å². The maximum absolute atomic E-state index is 10.9. The normalized spacial score (nSPS) is 10.2. The minimum Gasteiger partial charge on any atom is -0.487 e. The summed E-state index contributed by atoms with van der Waals surface area (Å²) < 4.78 is 5.53. The number of hydrogen-bond donors (Lipinski definition) is 1. The van der Waals surface area contributed by atoms with E-state index in [1.165, 1.54) is 12.1 Å². The molecule has 2 aromatic rings. The van der Waals surface area contributed by atoms with Crippen LogP contribution in [0.25, 0.3) is 0 Å². The third-order valence-corrected chi connectivity index (χ3v) is 2.99. The second-order valence-electron chi connectivity index (χ2n) is 4.00. The van der Waals surface area contributed by atoms with E-state index in [4.69, 9.17) is 21.4 Å². The van der Waals surface area contributed by atoms with E-state index in [9.17, 15) is 4.79 Å². The topological polar surface area (TPSA) is 59.4 Å². The number of pyridine rings is 1. The Hall–Kier alpha value is -2.07. The van der Waals surface area contributed by atoms with Gasteiger partial charge in [0.25, 0.3) is 0 Å². The largest absolute Gasteiger partial charge is 0.487 e. The molecule has 0 saturated heterocycles. The lowest BCUT2D eigenvalue weighted by molar-refractivity contribution is 0.0696. The number of carboxylic acids is 1. The second kappa shape index (κ2) is 5.71. The molecule has 0 unspecified atom stereocenters. The van der Waals surface area contributed by atoms with Gasteiger partial charge in [0.05, 0.1) is 16.3 Å². The number of aromatic nitrogens is 1. The standard InChI is InChI=1S/C14H12ClNO3/c1-9-3-2-6-16-13(9)8-19-10-4-5-12(15)11(7-10)14(17)18/h2-7H,8H2,1H3,(H,17,18). The molecule has 1 N–H and O–H groups in total. The van der Waals surface area contributed by atoms with Crippen LogP contribution in [0.4, 0.5) is 0 Å². The fourth-order valence-corrected chi connectivity index (χ4v) is 1.78. The van der Waals surface area contributed by atoms with Crippen LogP contribution in [0.2, 0.25) is 5.02 Å². The van der Waals surface area contributed by atoms with Crippen molar-refractivity contribution >= 4 is 17.6 Å². The van der Waals surface area contributed by atoms with Crippen LogP contribution < -0.4 is 4.74 Å². The van der Waals surface area contributed by atoms with Crippen LogP contribution in [0.3, 0.4) is 0 Å². The first-order valence-corrected chi connectivity index (χ1v) is 6.02. The summed E-state index contributed by atoms with van der Waals surface area (Å²) in [6.45, 7) is 2.23. The summed E-state index contributed by atoms with van der Waals surface area (Å²) in [5.41, 5.74) is 1.86. The van der Waals surface area contributed by atoms with Gasteiger partial charge in [-0.1, -0.05) is 17.7 Å². The van der Waals surface area contributed by atoms with E-state index in [2.05, 4.69) is 4.98 Å². The van der Waals surface area contributed by atoms with Crippen molar-refractivity contribution in [2.75, 3.05) is 0 Å². The summed E-state index contributed by atoms with van der Waals surface area (Å²) in [7, 11) is 0. The molecule has 0 spiro atoms. The molecule has 1 aromatic carbocycles. The Morgan fingerprint density at radius 2 is 2.21 bits per heavy atom. The third kappa shape index (κ3) is 3.23. The molecule has 0 aliphatic carbocycles. The quantitative estimate of drug-likeness (QED) is 0.931. The number of nitrogens with zero attached hydrogens (tertiary/aromatic N) is 1. The fraction of sp³-hybridized carbons (Fsp3) is 0.143. The minimum atomic E-state index is -1.08. The Labute approximate surface area is 115 Å². The summed E-state index contributed by atoms with van der Waals surface area (Å²) in [6, 6.07) is 8.33. The molecule has 0 amide bonds. The van der Waals surface area contributed by atoms with E-state index >= 15 is 0 Å². The lowest BCUT2D eigenvalue weighted by atomic mass is 10.2. The molecular weight excluding hydrogens is 266 g/mol. The Balaban J connectivity index is 2.14. The summed E-state index contributed by atoms with van der Waals surface area (Å²) in [5.74, 6) is -0.628. The summed E-state index contributed by atoms with van der Waals surface area (Å²) in [6.07, 6.45) is 1.69. The van der Waals surface area contributed by atoms with Crippen molar-refractivity contribution in [3.05, 3.63) is 58.4 Å². The van der Waals surface area contributed by atoms with Gasteiger partial charge in [-0.25, -0.2) is 4.79 Å². The molecule has 0 aliphatic rings. The summed E-state index contributed by atoms with van der Waals surface area (Å²) in [4.78, 5) is 15.2. The SMILES string of the molecule is Cc1cccnc1COc1ccc(Cl)c(C(=O)O)c1. The van der Waals surface area contributed by atoms with E-state index in [1.54, 1.807) is 12.3 Å². The van der Waals surface area contributed by atoms with E-state index in [0.717, 1.165) is 11.3 Å². The zero-order chi connectivity index (χ0) is 13.8. The highest BCUT2D eigenvalue weighted by Gasteiger charge is 2.10. The van der Waals surface area contributed by atoms with Crippen molar-refractivity contribution in [1.82, 2.24) is 4.98 Å². The molecule has 0 saturated carbocycles. The van der Waals surface area contributed by atoms with Crippen LogP contribution in [0.5, 0.6) is 5.75 Å². The van der Waals surface area contributed by atoms with Crippen molar-refractivity contribution in [2.45, 2.75) is 13.5 Å². The van der Waals surface area contributed by atoms with Crippen molar-refractivity contribution in [1.29, 1.82) is 0 Å². The van der Waals surface area contributed by atoms with Gasteiger partial charge in [-0.2, -0.15) is 0 Å².